The Kier molecular flexibility index (Phi) is 3.48. The average Bonchev–Trinajstić information content (AvgIpc) is 3.53. The van der Waals surface area contributed by atoms with Crippen LogP contribution in [-0.4, -0.2) is 21.9 Å². The van der Waals surface area contributed by atoms with Crippen LogP contribution in [0.15, 0.2) is 6.20 Å². The average molecular weight is 360 g/mol. The van der Waals surface area contributed by atoms with Crippen LogP contribution >= 0.6 is 11.3 Å². The van der Waals surface area contributed by atoms with E-state index in [1.807, 2.05) is 0 Å². The van der Waals surface area contributed by atoms with E-state index in [4.69, 9.17) is 0 Å². The number of carbonyl (C=O) groups is 1. The molecule has 1 spiro atoms. The molecule has 25 heavy (non-hydrogen) atoms. The van der Waals surface area contributed by atoms with Crippen LogP contribution in [0, 0.1) is 17.2 Å². The summed E-state index contributed by atoms with van der Waals surface area (Å²) in [5.41, 5.74) is 0.949. The highest BCUT2D eigenvalue weighted by Gasteiger charge is 2.44. The van der Waals surface area contributed by atoms with Crippen LogP contribution in [0.5, 0.6) is 0 Å². The van der Waals surface area contributed by atoms with Gasteiger partial charge in [0.2, 0.25) is 5.91 Å². The second-order valence-electron chi connectivity index (χ2n) is 7.83. The van der Waals surface area contributed by atoms with Crippen LogP contribution in [0.3, 0.4) is 0 Å². The Labute approximate surface area is 149 Å². The monoisotopic (exact) mass is 360 g/mol. The summed E-state index contributed by atoms with van der Waals surface area (Å²) in [5.74, 6) is 0.0541. The molecule has 5 rings (SSSR count). The largest absolute Gasteiger partial charge is 0.359 e. The minimum atomic E-state index is -0.440. The van der Waals surface area contributed by atoms with Crippen LogP contribution in [0.4, 0.5) is 15.3 Å². The first-order valence-corrected chi connectivity index (χ1v) is 9.96. The molecule has 3 aliphatic rings. The van der Waals surface area contributed by atoms with Crippen LogP contribution in [-0.2, 0) is 4.79 Å². The summed E-state index contributed by atoms with van der Waals surface area (Å²) >= 11 is 1.38. The van der Waals surface area contributed by atoms with E-state index in [1.54, 1.807) is 0 Å². The van der Waals surface area contributed by atoms with Crippen molar-refractivity contribution in [1.29, 1.82) is 0 Å². The zero-order chi connectivity index (χ0) is 17.0. The normalized spacial score (nSPS) is 22.3. The first-order valence-electron chi connectivity index (χ1n) is 9.14. The topological polar surface area (TPSA) is 66.9 Å². The van der Waals surface area contributed by atoms with Gasteiger partial charge >= 0.3 is 0 Å². The van der Waals surface area contributed by atoms with Crippen molar-refractivity contribution in [2.75, 3.05) is 10.6 Å². The molecule has 3 aliphatic carbocycles. The van der Waals surface area contributed by atoms with Crippen LogP contribution in [0.25, 0.3) is 10.2 Å². The number of thiazole rings is 1. The highest BCUT2D eigenvalue weighted by molar-refractivity contribution is 7.22. The Hall–Kier alpha value is -1.76. The lowest BCUT2D eigenvalue weighted by Gasteiger charge is -2.28. The standard InChI is InChI=1S/C18H21FN4OS/c19-12-9-20-15(23-16(24)10-1-2-10)14-13(12)22-17(25-14)21-11-3-5-18(6-4-11)7-8-18/h9-11H,1-8H2,(H,21,22)(H,20,23,24). The van der Waals surface area contributed by atoms with Crippen molar-refractivity contribution in [2.24, 2.45) is 11.3 Å². The summed E-state index contributed by atoms with van der Waals surface area (Å²) in [7, 11) is 0. The Morgan fingerprint density at radius 3 is 2.64 bits per heavy atom. The summed E-state index contributed by atoms with van der Waals surface area (Å²) in [4.78, 5) is 20.5. The lowest BCUT2D eigenvalue weighted by atomic mass is 9.83. The number of carbonyl (C=O) groups excluding carboxylic acids is 1. The molecule has 0 unspecified atom stereocenters. The van der Waals surface area contributed by atoms with Crippen molar-refractivity contribution >= 4 is 38.4 Å². The maximum absolute atomic E-state index is 14.1. The molecule has 3 fully saturated rings. The van der Waals surface area contributed by atoms with Crippen LogP contribution in [0.2, 0.25) is 0 Å². The fraction of sp³-hybridized carbons (Fsp3) is 0.611. The zero-order valence-corrected chi connectivity index (χ0v) is 14.8. The third-order valence-electron chi connectivity index (χ3n) is 5.90. The van der Waals surface area contributed by atoms with Crippen molar-refractivity contribution in [2.45, 2.75) is 57.4 Å². The summed E-state index contributed by atoms with van der Waals surface area (Å²) < 4.78 is 14.7. The maximum Gasteiger partial charge on any atom is 0.228 e. The quantitative estimate of drug-likeness (QED) is 0.852. The van der Waals surface area contributed by atoms with Gasteiger partial charge in [-0.05, 0) is 56.8 Å². The van der Waals surface area contributed by atoms with Gasteiger partial charge in [0.1, 0.15) is 10.2 Å². The smallest absolute Gasteiger partial charge is 0.228 e. The fourth-order valence-corrected chi connectivity index (χ4v) is 4.82. The third kappa shape index (κ3) is 2.99. The molecule has 2 aromatic rings. The van der Waals surface area contributed by atoms with E-state index in [0.717, 1.165) is 37.0 Å². The number of halogens is 1. The molecule has 2 heterocycles. The van der Waals surface area contributed by atoms with Gasteiger partial charge in [0.05, 0.1) is 6.20 Å². The van der Waals surface area contributed by atoms with Crippen molar-refractivity contribution < 1.29 is 9.18 Å². The van der Waals surface area contributed by atoms with Crippen molar-refractivity contribution in [3.05, 3.63) is 12.0 Å². The molecule has 1 amide bonds. The number of anilines is 2. The molecule has 0 bridgehead atoms. The molecule has 0 saturated heterocycles. The molecule has 5 nitrogen and oxygen atoms in total. The second-order valence-corrected chi connectivity index (χ2v) is 8.83. The molecule has 7 heteroatoms. The fourth-order valence-electron chi connectivity index (χ4n) is 3.82. The number of nitrogens with one attached hydrogen (secondary N) is 2. The van der Waals surface area contributed by atoms with Gasteiger partial charge < -0.3 is 10.6 Å². The van der Waals surface area contributed by atoms with Gasteiger partial charge in [-0.1, -0.05) is 11.3 Å². The van der Waals surface area contributed by atoms with E-state index in [0.29, 0.717) is 27.5 Å². The lowest BCUT2D eigenvalue weighted by Crippen LogP contribution is -2.26. The lowest BCUT2D eigenvalue weighted by molar-refractivity contribution is -0.117. The van der Waals surface area contributed by atoms with Crippen LogP contribution < -0.4 is 10.6 Å². The van der Waals surface area contributed by atoms with Gasteiger partial charge in [-0.3, -0.25) is 4.79 Å². The highest BCUT2D eigenvalue weighted by atomic mass is 32.1. The first-order chi connectivity index (χ1) is 12.1. The van der Waals surface area contributed by atoms with E-state index in [9.17, 15) is 9.18 Å². The van der Waals surface area contributed by atoms with Gasteiger partial charge in [0, 0.05) is 12.0 Å². The number of hydrogen-bond donors (Lipinski definition) is 2. The highest BCUT2D eigenvalue weighted by Crippen LogP contribution is 2.56. The zero-order valence-electron chi connectivity index (χ0n) is 14.0. The molecule has 0 aromatic carbocycles. The number of fused-ring (bicyclic) bond motifs is 1. The summed E-state index contributed by atoms with van der Waals surface area (Å²) in [5, 5.41) is 7.04. The number of hydrogen-bond acceptors (Lipinski definition) is 5. The Bertz CT molecular complexity index is 833. The van der Waals surface area contributed by atoms with E-state index < -0.39 is 5.82 Å². The van der Waals surface area contributed by atoms with Crippen molar-refractivity contribution in [1.82, 2.24) is 9.97 Å². The van der Waals surface area contributed by atoms with E-state index in [1.165, 1.54) is 37.0 Å². The number of pyridine rings is 1. The SMILES string of the molecule is O=C(Nc1ncc(F)c2nc(NC3CCC4(CC3)CC4)sc12)C1CC1. The van der Waals surface area contributed by atoms with Gasteiger partial charge in [0.25, 0.3) is 0 Å². The third-order valence-corrected chi connectivity index (χ3v) is 6.89. The summed E-state index contributed by atoms with van der Waals surface area (Å²) in [6.45, 7) is 0. The minimum Gasteiger partial charge on any atom is -0.359 e. The second kappa shape index (κ2) is 5.62. The molecule has 0 atom stereocenters. The predicted molar refractivity (Wildman–Crippen MR) is 96.3 cm³/mol. The van der Waals surface area contributed by atoms with Crippen molar-refractivity contribution in [3.63, 3.8) is 0 Å². The van der Waals surface area contributed by atoms with Crippen LogP contribution in [0.1, 0.15) is 51.4 Å². The van der Waals surface area contributed by atoms with Gasteiger partial charge in [-0.2, -0.15) is 0 Å². The van der Waals surface area contributed by atoms with Gasteiger partial charge in [0.15, 0.2) is 16.8 Å². The predicted octanol–water partition coefficient (Wildman–Crippen LogP) is 4.31. The molecular weight excluding hydrogens is 339 g/mol. The maximum atomic E-state index is 14.1. The first kappa shape index (κ1) is 15.5. The Morgan fingerprint density at radius 2 is 1.96 bits per heavy atom. The molecule has 132 valence electrons. The molecular formula is C18H21FN4OS. The molecule has 0 aliphatic heterocycles. The number of amides is 1. The Morgan fingerprint density at radius 1 is 1.20 bits per heavy atom. The molecule has 3 saturated carbocycles. The minimum absolute atomic E-state index is 0.0228. The number of nitrogens with zero attached hydrogens (tertiary/aromatic N) is 2. The summed E-state index contributed by atoms with van der Waals surface area (Å²) in [6.07, 6.45) is 10.7. The van der Waals surface area contributed by atoms with Crippen molar-refractivity contribution in [3.8, 4) is 0 Å². The van der Waals surface area contributed by atoms with Gasteiger partial charge in [-0.15, -0.1) is 0 Å². The number of aromatic nitrogens is 2. The Balaban J connectivity index is 1.36. The van der Waals surface area contributed by atoms with Gasteiger partial charge in [-0.25, -0.2) is 14.4 Å². The van der Waals surface area contributed by atoms with E-state index in [2.05, 4.69) is 20.6 Å². The number of rotatable bonds is 4. The molecule has 2 N–H and O–H groups in total. The molecule has 2 aromatic heterocycles. The van der Waals surface area contributed by atoms with E-state index >= 15 is 0 Å². The summed E-state index contributed by atoms with van der Waals surface area (Å²) in [6, 6.07) is 0.410. The molecule has 0 radical (unpaired) electrons. The van der Waals surface area contributed by atoms with E-state index in [-0.39, 0.29) is 11.8 Å².